The van der Waals surface area contributed by atoms with Gasteiger partial charge in [0.25, 0.3) is 5.91 Å². The lowest BCUT2D eigenvalue weighted by molar-refractivity contribution is -0.130. The lowest BCUT2D eigenvalue weighted by Gasteiger charge is -2.11. The number of benzene rings is 3. The number of carbonyl (C=O) groups is 2. The first kappa shape index (κ1) is 21.8. The van der Waals surface area contributed by atoms with Crippen molar-refractivity contribution in [1.29, 1.82) is 0 Å². The topological polar surface area (TPSA) is 55.8 Å². The van der Waals surface area contributed by atoms with E-state index >= 15 is 0 Å². The van der Waals surface area contributed by atoms with Crippen molar-refractivity contribution >= 4 is 17.8 Å². The molecule has 0 aromatic heterocycles. The molecule has 3 aromatic rings. The van der Waals surface area contributed by atoms with E-state index in [9.17, 15) is 9.59 Å². The number of hydrogen-bond donors (Lipinski definition) is 0. The third-order valence-electron chi connectivity index (χ3n) is 4.56. The third-order valence-corrected chi connectivity index (χ3v) is 4.56. The maximum Gasteiger partial charge on any atom is 0.259 e. The molecule has 1 amide bonds. The summed E-state index contributed by atoms with van der Waals surface area (Å²) < 4.78 is 11.2. The molecule has 158 valence electrons. The lowest BCUT2D eigenvalue weighted by Crippen LogP contribution is -2.27. The van der Waals surface area contributed by atoms with Crippen LogP contribution in [-0.4, -0.2) is 37.3 Å². The van der Waals surface area contributed by atoms with Gasteiger partial charge in [-0.1, -0.05) is 48.5 Å². The molecule has 0 aliphatic heterocycles. The fraction of sp³-hybridized carbons (Fsp3) is 0.154. The second-order valence-corrected chi connectivity index (χ2v) is 7.14. The zero-order valence-electron chi connectivity index (χ0n) is 17.7. The molecule has 0 spiro atoms. The fourth-order valence-electron chi connectivity index (χ4n) is 2.67. The van der Waals surface area contributed by atoms with Crippen molar-refractivity contribution in [1.82, 2.24) is 4.90 Å². The Bertz CT molecular complexity index is 1020. The monoisotopic (exact) mass is 415 g/mol. The van der Waals surface area contributed by atoms with Gasteiger partial charge in [0.2, 0.25) is 0 Å². The molecule has 0 N–H and O–H groups in total. The molecule has 0 heterocycles. The summed E-state index contributed by atoms with van der Waals surface area (Å²) in [6, 6.07) is 24.3. The number of ketones is 1. The average Bonchev–Trinajstić information content (AvgIpc) is 2.81. The van der Waals surface area contributed by atoms with Gasteiger partial charge in [-0.2, -0.15) is 0 Å². The van der Waals surface area contributed by atoms with Crippen LogP contribution in [0.3, 0.4) is 0 Å². The predicted molar refractivity (Wildman–Crippen MR) is 121 cm³/mol. The van der Waals surface area contributed by atoms with Crippen LogP contribution in [0.2, 0.25) is 0 Å². The van der Waals surface area contributed by atoms with Gasteiger partial charge in [-0.05, 0) is 53.6 Å². The number of rotatable bonds is 9. The molecule has 0 aliphatic rings. The van der Waals surface area contributed by atoms with Crippen LogP contribution in [0.15, 0.2) is 84.9 Å². The number of nitrogens with zero attached hydrogens (tertiary/aromatic N) is 1. The van der Waals surface area contributed by atoms with Crippen LogP contribution in [0.5, 0.6) is 11.5 Å². The molecule has 5 nitrogen and oxygen atoms in total. The summed E-state index contributed by atoms with van der Waals surface area (Å²) in [5, 5.41) is 0. The van der Waals surface area contributed by atoms with Gasteiger partial charge < -0.3 is 14.4 Å². The molecule has 0 saturated carbocycles. The van der Waals surface area contributed by atoms with E-state index in [4.69, 9.17) is 9.47 Å². The van der Waals surface area contributed by atoms with Crippen LogP contribution in [0.4, 0.5) is 0 Å². The standard InChI is InChI=1S/C26H25NO4/c1-27(2)26(29)19-31-24-15-11-22(12-16-24)25(28)17-10-20-8-13-23(14-9-20)30-18-21-6-4-3-5-7-21/h3-17H,18-19H2,1-2H3/b17-10+. The van der Waals surface area contributed by atoms with E-state index in [1.807, 2.05) is 54.6 Å². The number of likely N-dealkylation sites (N-methyl/N-ethyl adjacent to an activating group) is 1. The molecule has 5 heteroatoms. The van der Waals surface area contributed by atoms with Crippen LogP contribution >= 0.6 is 0 Å². The highest BCUT2D eigenvalue weighted by atomic mass is 16.5. The van der Waals surface area contributed by atoms with E-state index in [2.05, 4.69) is 0 Å². The molecule has 0 bridgehead atoms. The average molecular weight is 415 g/mol. The SMILES string of the molecule is CN(C)C(=O)COc1ccc(C(=O)/C=C/c2ccc(OCc3ccccc3)cc2)cc1. The second kappa shape index (κ2) is 10.8. The Morgan fingerprint density at radius 1 is 0.806 bits per heavy atom. The molecule has 0 saturated heterocycles. The Morgan fingerprint density at radius 3 is 2.06 bits per heavy atom. The highest BCUT2D eigenvalue weighted by Crippen LogP contribution is 2.16. The van der Waals surface area contributed by atoms with Crippen LogP contribution in [0.1, 0.15) is 21.5 Å². The Hall–Kier alpha value is -3.86. The summed E-state index contributed by atoms with van der Waals surface area (Å²) in [5.74, 6) is 1.08. The highest BCUT2D eigenvalue weighted by molar-refractivity contribution is 6.06. The Labute approximate surface area is 182 Å². The molecule has 0 fully saturated rings. The van der Waals surface area contributed by atoms with Gasteiger partial charge in [0, 0.05) is 19.7 Å². The molecule has 0 atom stereocenters. The van der Waals surface area contributed by atoms with Crippen molar-refractivity contribution < 1.29 is 19.1 Å². The normalized spacial score (nSPS) is 10.6. The lowest BCUT2D eigenvalue weighted by atomic mass is 10.1. The van der Waals surface area contributed by atoms with Gasteiger partial charge in [-0.15, -0.1) is 0 Å². The minimum Gasteiger partial charge on any atom is -0.489 e. The fourth-order valence-corrected chi connectivity index (χ4v) is 2.67. The van der Waals surface area contributed by atoms with Crippen molar-refractivity contribution in [3.63, 3.8) is 0 Å². The van der Waals surface area contributed by atoms with E-state index in [0.717, 1.165) is 16.9 Å². The minimum atomic E-state index is -0.125. The third kappa shape index (κ3) is 6.85. The van der Waals surface area contributed by atoms with Gasteiger partial charge in [0.15, 0.2) is 12.4 Å². The van der Waals surface area contributed by atoms with Crippen LogP contribution in [0.25, 0.3) is 6.08 Å². The van der Waals surface area contributed by atoms with Crippen LogP contribution < -0.4 is 9.47 Å². The van der Waals surface area contributed by atoms with E-state index in [1.54, 1.807) is 44.4 Å². The Kier molecular flexibility index (Phi) is 7.60. The molecule has 0 aliphatic carbocycles. The van der Waals surface area contributed by atoms with E-state index in [-0.39, 0.29) is 18.3 Å². The molecule has 3 rings (SSSR count). The Morgan fingerprint density at radius 2 is 1.42 bits per heavy atom. The largest absolute Gasteiger partial charge is 0.489 e. The maximum atomic E-state index is 12.4. The molecule has 0 unspecified atom stereocenters. The Balaban J connectivity index is 1.51. The first-order chi connectivity index (χ1) is 15.0. The number of hydrogen-bond acceptors (Lipinski definition) is 4. The zero-order valence-corrected chi connectivity index (χ0v) is 17.7. The van der Waals surface area contributed by atoms with Gasteiger partial charge in [-0.25, -0.2) is 0 Å². The summed E-state index contributed by atoms with van der Waals surface area (Å²) in [6.45, 7) is 0.475. The van der Waals surface area contributed by atoms with Gasteiger partial charge in [0.1, 0.15) is 18.1 Å². The molecule has 31 heavy (non-hydrogen) atoms. The molecular formula is C26H25NO4. The number of allylic oxidation sites excluding steroid dienone is 1. The quantitative estimate of drug-likeness (QED) is 0.378. The van der Waals surface area contributed by atoms with E-state index in [1.165, 1.54) is 11.0 Å². The van der Waals surface area contributed by atoms with E-state index < -0.39 is 0 Å². The highest BCUT2D eigenvalue weighted by Gasteiger charge is 2.06. The number of ether oxygens (including phenoxy) is 2. The summed E-state index contributed by atoms with van der Waals surface area (Å²) >= 11 is 0. The van der Waals surface area contributed by atoms with Crippen LogP contribution in [0, 0.1) is 0 Å². The van der Waals surface area contributed by atoms with Gasteiger partial charge >= 0.3 is 0 Å². The van der Waals surface area contributed by atoms with Gasteiger partial charge in [0.05, 0.1) is 0 Å². The summed E-state index contributed by atoms with van der Waals surface area (Å²) in [5.41, 5.74) is 2.56. The summed E-state index contributed by atoms with van der Waals surface area (Å²) in [6.07, 6.45) is 3.30. The van der Waals surface area contributed by atoms with Crippen LogP contribution in [-0.2, 0) is 11.4 Å². The first-order valence-electron chi connectivity index (χ1n) is 9.93. The van der Waals surface area contributed by atoms with E-state index in [0.29, 0.717) is 17.9 Å². The minimum absolute atomic E-state index is 0.0365. The molecular weight excluding hydrogens is 390 g/mol. The number of amides is 1. The van der Waals surface area contributed by atoms with Crippen molar-refractivity contribution in [3.05, 3.63) is 102 Å². The van der Waals surface area contributed by atoms with Crippen molar-refractivity contribution in [2.24, 2.45) is 0 Å². The zero-order chi connectivity index (χ0) is 22.1. The second-order valence-electron chi connectivity index (χ2n) is 7.14. The number of carbonyl (C=O) groups excluding carboxylic acids is 2. The van der Waals surface area contributed by atoms with Gasteiger partial charge in [-0.3, -0.25) is 9.59 Å². The summed E-state index contributed by atoms with van der Waals surface area (Å²) in [7, 11) is 3.34. The smallest absolute Gasteiger partial charge is 0.259 e. The van der Waals surface area contributed by atoms with Crippen molar-refractivity contribution in [2.75, 3.05) is 20.7 Å². The van der Waals surface area contributed by atoms with Crippen molar-refractivity contribution in [3.8, 4) is 11.5 Å². The van der Waals surface area contributed by atoms with Crippen molar-refractivity contribution in [2.45, 2.75) is 6.61 Å². The first-order valence-corrected chi connectivity index (χ1v) is 9.93. The molecule has 3 aromatic carbocycles. The molecule has 0 radical (unpaired) electrons. The maximum absolute atomic E-state index is 12.4. The predicted octanol–water partition coefficient (Wildman–Crippen LogP) is 4.63. The summed E-state index contributed by atoms with van der Waals surface area (Å²) in [4.78, 5) is 25.4.